The van der Waals surface area contributed by atoms with Crippen LogP contribution in [0.4, 0.5) is 0 Å². The van der Waals surface area contributed by atoms with Crippen molar-refractivity contribution in [3.63, 3.8) is 0 Å². The van der Waals surface area contributed by atoms with Gasteiger partial charge in [0.15, 0.2) is 0 Å². The number of nitrogens with one attached hydrogen (secondary N) is 2. The minimum absolute atomic E-state index is 0.0765. The summed E-state index contributed by atoms with van der Waals surface area (Å²) in [6.07, 6.45) is 1.92. The average molecular weight is 303 g/mol. The molecule has 4 nitrogen and oxygen atoms in total. The van der Waals surface area contributed by atoms with E-state index in [2.05, 4.69) is 59.1 Å². The Bertz CT molecular complexity index is 270. The van der Waals surface area contributed by atoms with Crippen LogP contribution in [0.5, 0.6) is 0 Å². The molecule has 0 saturated heterocycles. The molecule has 0 atom stereocenters. The number of rotatable bonds is 11. The fourth-order valence-corrected chi connectivity index (χ4v) is 1.90. The van der Waals surface area contributed by atoms with E-state index in [4.69, 9.17) is 9.47 Å². The van der Waals surface area contributed by atoms with Gasteiger partial charge in [-0.05, 0) is 74.9 Å². The topological polar surface area (TPSA) is 42.5 Å². The van der Waals surface area contributed by atoms with Crippen molar-refractivity contribution in [3.8, 4) is 0 Å². The molecule has 0 radical (unpaired) electrons. The van der Waals surface area contributed by atoms with Crippen molar-refractivity contribution < 1.29 is 9.47 Å². The molecule has 4 heteroatoms. The van der Waals surface area contributed by atoms with Gasteiger partial charge in [0.2, 0.25) is 0 Å². The van der Waals surface area contributed by atoms with Gasteiger partial charge in [0.05, 0.1) is 24.4 Å². The Morgan fingerprint density at radius 2 is 1.24 bits per heavy atom. The highest BCUT2D eigenvalue weighted by atomic mass is 16.5. The molecule has 0 bridgehead atoms. The van der Waals surface area contributed by atoms with E-state index in [1.165, 1.54) is 0 Å². The number of ether oxygens (including phenoxy) is 2. The standard InChI is InChI=1S/C17H38N2O2/c1-15(2,3)19-12-14-21-17(6,7)10-13-20-16(4,5)9-11-18-8/h18-19H,9-14H2,1-8H3. The molecular weight excluding hydrogens is 264 g/mol. The summed E-state index contributed by atoms with van der Waals surface area (Å²) < 4.78 is 12.0. The van der Waals surface area contributed by atoms with Gasteiger partial charge in [0.25, 0.3) is 0 Å². The Hall–Kier alpha value is -0.160. The first kappa shape index (κ1) is 20.8. The van der Waals surface area contributed by atoms with E-state index in [1.807, 2.05) is 7.05 Å². The molecule has 0 aromatic heterocycles. The maximum absolute atomic E-state index is 5.99. The van der Waals surface area contributed by atoms with E-state index >= 15 is 0 Å². The molecule has 0 aliphatic heterocycles. The Morgan fingerprint density at radius 1 is 0.714 bits per heavy atom. The monoisotopic (exact) mass is 302 g/mol. The molecular formula is C17H38N2O2. The van der Waals surface area contributed by atoms with Crippen molar-refractivity contribution >= 4 is 0 Å². The minimum atomic E-state index is -0.140. The highest BCUT2D eigenvalue weighted by Crippen LogP contribution is 2.19. The molecule has 0 aliphatic carbocycles. The van der Waals surface area contributed by atoms with Crippen molar-refractivity contribution in [2.75, 3.05) is 33.4 Å². The Balaban J connectivity index is 3.86. The van der Waals surface area contributed by atoms with Gasteiger partial charge in [-0.1, -0.05) is 0 Å². The second kappa shape index (κ2) is 9.09. The van der Waals surface area contributed by atoms with Gasteiger partial charge in [-0.25, -0.2) is 0 Å². The molecule has 0 aromatic carbocycles. The molecule has 0 fully saturated rings. The van der Waals surface area contributed by atoms with Crippen LogP contribution in [0.15, 0.2) is 0 Å². The first-order chi connectivity index (χ1) is 9.47. The van der Waals surface area contributed by atoms with Gasteiger partial charge in [-0.2, -0.15) is 0 Å². The summed E-state index contributed by atoms with van der Waals surface area (Å²) in [6, 6.07) is 0. The van der Waals surface area contributed by atoms with E-state index in [0.717, 1.165) is 39.1 Å². The largest absolute Gasteiger partial charge is 0.375 e. The Labute approximate surface area is 132 Å². The molecule has 0 aromatic rings. The van der Waals surface area contributed by atoms with E-state index < -0.39 is 0 Å². The predicted octanol–water partition coefficient (Wildman–Crippen LogP) is 2.96. The molecule has 128 valence electrons. The van der Waals surface area contributed by atoms with Crippen LogP contribution < -0.4 is 10.6 Å². The van der Waals surface area contributed by atoms with Crippen LogP contribution in [0, 0.1) is 0 Å². The van der Waals surface area contributed by atoms with Gasteiger partial charge >= 0.3 is 0 Å². The molecule has 0 rings (SSSR count). The van der Waals surface area contributed by atoms with E-state index in [0.29, 0.717) is 0 Å². The number of hydrogen-bond acceptors (Lipinski definition) is 4. The van der Waals surface area contributed by atoms with Crippen LogP contribution in [0.1, 0.15) is 61.3 Å². The van der Waals surface area contributed by atoms with Crippen LogP contribution in [-0.4, -0.2) is 50.1 Å². The maximum Gasteiger partial charge on any atom is 0.0649 e. The van der Waals surface area contributed by atoms with Crippen molar-refractivity contribution in [2.24, 2.45) is 0 Å². The lowest BCUT2D eigenvalue weighted by molar-refractivity contribution is -0.0735. The Kier molecular flexibility index (Phi) is 9.02. The normalized spacial score (nSPS) is 13.7. The van der Waals surface area contributed by atoms with Crippen LogP contribution in [0.2, 0.25) is 0 Å². The third-order valence-corrected chi connectivity index (χ3v) is 3.42. The summed E-state index contributed by atoms with van der Waals surface area (Å²) in [7, 11) is 1.97. The maximum atomic E-state index is 5.99. The zero-order chi connectivity index (χ0) is 16.6. The predicted molar refractivity (Wildman–Crippen MR) is 91.0 cm³/mol. The summed E-state index contributed by atoms with van der Waals surface area (Å²) in [5, 5.41) is 6.60. The Morgan fingerprint density at radius 3 is 1.76 bits per heavy atom. The third kappa shape index (κ3) is 13.2. The first-order valence-electron chi connectivity index (χ1n) is 8.15. The van der Waals surface area contributed by atoms with Crippen LogP contribution in [-0.2, 0) is 9.47 Å². The fraction of sp³-hybridized carbons (Fsp3) is 1.00. The fourth-order valence-electron chi connectivity index (χ4n) is 1.90. The van der Waals surface area contributed by atoms with Gasteiger partial charge in [-0.3, -0.25) is 0 Å². The van der Waals surface area contributed by atoms with Crippen molar-refractivity contribution in [3.05, 3.63) is 0 Å². The lowest BCUT2D eigenvalue weighted by atomic mass is 10.0. The summed E-state index contributed by atoms with van der Waals surface area (Å²) >= 11 is 0. The molecule has 0 spiro atoms. The van der Waals surface area contributed by atoms with Gasteiger partial charge < -0.3 is 20.1 Å². The van der Waals surface area contributed by atoms with Gasteiger partial charge in [-0.15, -0.1) is 0 Å². The van der Waals surface area contributed by atoms with Crippen molar-refractivity contribution in [1.29, 1.82) is 0 Å². The lowest BCUT2D eigenvalue weighted by Gasteiger charge is -2.30. The zero-order valence-corrected chi connectivity index (χ0v) is 15.6. The van der Waals surface area contributed by atoms with Crippen molar-refractivity contribution in [2.45, 2.75) is 78.0 Å². The SMILES string of the molecule is CNCCC(C)(C)OCCC(C)(C)OCCNC(C)(C)C. The minimum Gasteiger partial charge on any atom is -0.375 e. The van der Waals surface area contributed by atoms with Crippen molar-refractivity contribution in [1.82, 2.24) is 10.6 Å². The quantitative estimate of drug-likeness (QED) is 0.576. The van der Waals surface area contributed by atoms with Crippen LogP contribution in [0.25, 0.3) is 0 Å². The molecule has 2 N–H and O–H groups in total. The van der Waals surface area contributed by atoms with E-state index in [1.54, 1.807) is 0 Å². The summed E-state index contributed by atoms with van der Waals surface area (Å²) in [5.41, 5.74) is -0.0700. The van der Waals surface area contributed by atoms with E-state index in [9.17, 15) is 0 Å². The summed E-state index contributed by atoms with van der Waals surface area (Å²) in [5.74, 6) is 0. The van der Waals surface area contributed by atoms with Gasteiger partial charge in [0, 0.05) is 12.1 Å². The zero-order valence-electron chi connectivity index (χ0n) is 15.6. The molecule has 0 unspecified atom stereocenters. The molecule has 0 heterocycles. The third-order valence-electron chi connectivity index (χ3n) is 3.42. The van der Waals surface area contributed by atoms with Gasteiger partial charge in [0.1, 0.15) is 0 Å². The molecule has 21 heavy (non-hydrogen) atoms. The van der Waals surface area contributed by atoms with Crippen LogP contribution in [0.3, 0.4) is 0 Å². The van der Waals surface area contributed by atoms with E-state index in [-0.39, 0.29) is 16.7 Å². The smallest absolute Gasteiger partial charge is 0.0649 e. The van der Waals surface area contributed by atoms with Crippen LogP contribution >= 0.6 is 0 Å². The second-order valence-corrected chi connectivity index (χ2v) is 8.00. The average Bonchev–Trinajstić information content (AvgIpc) is 2.31. The molecule has 0 aliphatic rings. The lowest BCUT2D eigenvalue weighted by Crippen LogP contribution is -2.40. The summed E-state index contributed by atoms with van der Waals surface area (Å²) in [6.45, 7) is 18.4. The number of hydrogen-bond donors (Lipinski definition) is 2. The highest BCUT2D eigenvalue weighted by Gasteiger charge is 2.22. The second-order valence-electron chi connectivity index (χ2n) is 8.00. The summed E-state index contributed by atoms with van der Waals surface area (Å²) in [4.78, 5) is 0. The molecule has 0 amide bonds. The highest BCUT2D eigenvalue weighted by molar-refractivity contribution is 4.74. The first-order valence-corrected chi connectivity index (χ1v) is 8.15. The molecule has 0 saturated carbocycles.